The van der Waals surface area contributed by atoms with Crippen LogP contribution in [-0.4, -0.2) is 30.5 Å². The van der Waals surface area contributed by atoms with Gasteiger partial charge in [0.1, 0.15) is 22.9 Å². The Kier molecular flexibility index (Phi) is 5.31. The van der Waals surface area contributed by atoms with Crippen LogP contribution in [0.4, 0.5) is 20.5 Å². The molecule has 0 spiro atoms. The maximum Gasteiger partial charge on any atom is 0.229 e. The minimum atomic E-state index is -0.638. The highest BCUT2D eigenvalue weighted by molar-refractivity contribution is 5.83. The van der Waals surface area contributed by atoms with E-state index in [1.54, 1.807) is 6.07 Å². The first-order chi connectivity index (χ1) is 16.1. The summed E-state index contributed by atoms with van der Waals surface area (Å²) in [6.45, 7) is 10.8. The zero-order valence-corrected chi connectivity index (χ0v) is 19.9. The Labute approximate surface area is 196 Å². The summed E-state index contributed by atoms with van der Waals surface area (Å²) >= 11 is 0. The number of halogens is 2. The fourth-order valence-electron chi connectivity index (χ4n) is 4.56. The zero-order chi connectivity index (χ0) is 24.2. The Bertz CT molecular complexity index is 1400. The van der Waals surface area contributed by atoms with Gasteiger partial charge >= 0.3 is 0 Å². The number of hydrogen-bond donors (Lipinski definition) is 2. The van der Waals surface area contributed by atoms with Crippen molar-refractivity contribution in [3.8, 4) is 11.3 Å². The molecule has 0 unspecified atom stereocenters. The quantitative estimate of drug-likeness (QED) is 0.445. The van der Waals surface area contributed by atoms with Crippen molar-refractivity contribution in [3.63, 3.8) is 0 Å². The van der Waals surface area contributed by atoms with Crippen LogP contribution in [0.15, 0.2) is 30.5 Å². The van der Waals surface area contributed by atoms with Gasteiger partial charge in [0.25, 0.3) is 0 Å². The molecule has 2 N–H and O–H groups in total. The van der Waals surface area contributed by atoms with E-state index in [1.165, 1.54) is 6.07 Å². The summed E-state index contributed by atoms with van der Waals surface area (Å²) in [5.74, 6) is 0.290. The Balaban J connectivity index is 1.54. The van der Waals surface area contributed by atoms with E-state index < -0.39 is 11.6 Å². The molecule has 0 fully saturated rings. The van der Waals surface area contributed by atoms with Gasteiger partial charge in [0.2, 0.25) is 5.95 Å². The fourth-order valence-corrected chi connectivity index (χ4v) is 4.56. The first kappa shape index (κ1) is 22.3. The van der Waals surface area contributed by atoms with Gasteiger partial charge in [-0.25, -0.2) is 28.7 Å². The van der Waals surface area contributed by atoms with Crippen molar-refractivity contribution in [2.24, 2.45) is 0 Å². The first-order valence-electron chi connectivity index (χ1n) is 11.3. The summed E-state index contributed by atoms with van der Waals surface area (Å²) < 4.78 is 31.8. The van der Waals surface area contributed by atoms with Crippen LogP contribution in [0.1, 0.15) is 44.8 Å². The van der Waals surface area contributed by atoms with Gasteiger partial charge in [-0.3, -0.25) is 0 Å². The standard InChI is InChI=1S/C25H27F2N7/c1-13-8-19-15(11-28-13)6-7-21(31-19)32-24-29-12-18(27)22(33-24)16-9-17(26)23-20(10-16)34(14(2)30-23)25(3,4)5/h6-7,9-10,12-13,28H,8,11H2,1-5H3,(H,29,31,32,33)/t13-/m0/s1. The lowest BCUT2D eigenvalue weighted by atomic mass is 10.0. The molecular weight excluding hydrogens is 436 g/mol. The molecule has 9 heteroatoms. The molecule has 0 saturated carbocycles. The van der Waals surface area contributed by atoms with Crippen molar-refractivity contribution in [3.05, 3.63) is 59.2 Å². The summed E-state index contributed by atoms with van der Waals surface area (Å²) in [4.78, 5) is 17.5. The summed E-state index contributed by atoms with van der Waals surface area (Å²) in [5, 5.41) is 6.47. The molecule has 176 valence electrons. The summed E-state index contributed by atoms with van der Waals surface area (Å²) in [6, 6.07) is 7.19. The molecule has 3 aromatic heterocycles. The molecule has 0 saturated heterocycles. The minimum Gasteiger partial charge on any atom is -0.323 e. The number of fused-ring (bicyclic) bond motifs is 2. The third kappa shape index (κ3) is 4.00. The number of aromatic nitrogens is 5. The van der Waals surface area contributed by atoms with Crippen LogP contribution in [0.2, 0.25) is 0 Å². The maximum absolute atomic E-state index is 15.0. The van der Waals surface area contributed by atoms with Crippen LogP contribution >= 0.6 is 0 Å². The second-order valence-corrected chi connectivity index (χ2v) is 9.79. The molecule has 5 rings (SSSR count). The molecule has 0 radical (unpaired) electrons. The number of nitrogens with zero attached hydrogens (tertiary/aromatic N) is 5. The highest BCUT2D eigenvalue weighted by Gasteiger charge is 2.23. The number of anilines is 2. The Morgan fingerprint density at radius 1 is 1.09 bits per heavy atom. The van der Waals surface area contributed by atoms with Crippen LogP contribution in [-0.2, 0) is 18.5 Å². The van der Waals surface area contributed by atoms with Gasteiger partial charge in [0.05, 0.1) is 11.7 Å². The molecular formula is C25H27F2N7. The van der Waals surface area contributed by atoms with Crippen LogP contribution in [0.25, 0.3) is 22.3 Å². The maximum atomic E-state index is 15.0. The number of nitrogens with one attached hydrogen (secondary N) is 2. The molecule has 1 atom stereocenters. The predicted octanol–water partition coefficient (Wildman–Crippen LogP) is 5.01. The molecule has 1 aliphatic rings. The van der Waals surface area contributed by atoms with Gasteiger partial charge < -0.3 is 15.2 Å². The second-order valence-electron chi connectivity index (χ2n) is 9.79. The smallest absolute Gasteiger partial charge is 0.229 e. The molecule has 4 aromatic rings. The number of imidazole rings is 1. The normalized spacial score (nSPS) is 16.0. The summed E-state index contributed by atoms with van der Waals surface area (Å²) in [5.41, 5.74) is 3.00. The monoisotopic (exact) mass is 463 g/mol. The van der Waals surface area contributed by atoms with Crippen LogP contribution in [0, 0.1) is 18.6 Å². The van der Waals surface area contributed by atoms with E-state index in [1.807, 2.05) is 44.4 Å². The number of rotatable bonds is 3. The largest absolute Gasteiger partial charge is 0.323 e. The lowest BCUT2D eigenvalue weighted by molar-refractivity contribution is 0.399. The van der Waals surface area contributed by atoms with Gasteiger partial charge in [-0.05, 0) is 58.4 Å². The summed E-state index contributed by atoms with van der Waals surface area (Å²) in [6.07, 6.45) is 1.91. The van der Waals surface area contributed by atoms with Crippen LogP contribution in [0.3, 0.4) is 0 Å². The highest BCUT2D eigenvalue weighted by atomic mass is 19.1. The number of benzene rings is 1. The molecule has 34 heavy (non-hydrogen) atoms. The molecule has 0 aliphatic carbocycles. The third-order valence-corrected chi connectivity index (χ3v) is 6.02. The Morgan fingerprint density at radius 3 is 2.65 bits per heavy atom. The third-order valence-electron chi connectivity index (χ3n) is 6.02. The zero-order valence-electron chi connectivity index (χ0n) is 19.9. The average molecular weight is 464 g/mol. The van der Waals surface area contributed by atoms with Crippen molar-refractivity contribution >= 4 is 22.8 Å². The molecule has 0 bridgehead atoms. The Morgan fingerprint density at radius 2 is 1.88 bits per heavy atom. The van der Waals surface area contributed by atoms with Crippen LogP contribution in [0.5, 0.6) is 0 Å². The fraction of sp³-hybridized carbons (Fsp3) is 0.360. The lowest BCUT2D eigenvalue weighted by Crippen LogP contribution is -2.33. The van der Waals surface area contributed by atoms with E-state index in [0.29, 0.717) is 28.8 Å². The van der Waals surface area contributed by atoms with Gasteiger partial charge in [-0.1, -0.05) is 6.07 Å². The van der Waals surface area contributed by atoms with Crippen molar-refractivity contribution in [2.75, 3.05) is 5.32 Å². The molecule has 4 heterocycles. The molecule has 7 nitrogen and oxygen atoms in total. The average Bonchev–Trinajstić information content (AvgIpc) is 3.11. The van der Waals surface area contributed by atoms with Gasteiger partial charge in [0, 0.05) is 35.8 Å². The molecule has 0 amide bonds. The van der Waals surface area contributed by atoms with Crippen molar-refractivity contribution < 1.29 is 8.78 Å². The molecule has 1 aliphatic heterocycles. The number of hydrogen-bond acceptors (Lipinski definition) is 6. The van der Waals surface area contributed by atoms with Gasteiger partial charge in [-0.15, -0.1) is 0 Å². The van der Waals surface area contributed by atoms with E-state index in [9.17, 15) is 4.39 Å². The van der Waals surface area contributed by atoms with Gasteiger partial charge in [-0.2, -0.15) is 0 Å². The second kappa shape index (κ2) is 8.09. The minimum absolute atomic E-state index is 0.00777. The highest BCUT2D eigenvalue weighted by Crippen LogP contribution is 2.32. The Hall–Kier alpha value is -3.46. The van der Waals surface area contributed by atoms with Crippen molar-refractivity contribution in [2.45, 2.75) is 59.2 Å². The van der Waals surface area contributed by atoms with E-state index in [2.05, 4.69) is 37.5 Å². The first-order valence-corrected chi connectivity index (χ1v) is 11.3. The van der Waals surface area contributed by atoms with Crippen LogP contribution < -0.4 is 10.6 Å². The van der Waals surface area contributed by atoms with Crippen molar-refractivity contribution in [1.82, 2.24) is 29.8 Å². The van der Waals surface area contributed by atoms with Gasteiger partial charge in [0.15, 0.2) is 11.6 Å². The SMILES string of the molecule is Cc1nc2c(F)cc(-c3nc(Nc4ccc5c(n4)C[C@H](C)NC5)ncc3F)cc2n1C(C)(C)C. The van der Waals surface area contributed by atoms with E-state index in [0.717, 1.165) is 30.4 Å². The molecule has 1 aromatic carbocycles. The van der Waals surface area contributed by atoms with E-state index >= 15 is 4.39 Å². The summed E-state index contributed by atoms with van der Waals surface area (Å²) in [7, 11) is 0. The van der Waals surface area contributed by atoms with E-state index in [-0.39, 0.29) is 22.7 Å². The predicted molar refractivity (Wildman–Crippen MR) is 128 cm³/mol. The lowest BCUT2D eigenvalue weighted by Gasteiger charge is -2.24. The number of pyridine rings is 1. The topological polar surface area (TPSA) is 80.6 Å². The number of aryl methyl sites for hydroxylation is 1. The van der Waals surface area contributed by atoms with E-state index in [4.69, 9.17) is 0 Å². The van der Waals surface area contributed by atoms with Crippen molar-refractivity contribution in [1.29, 1.82) is 0 Å².